The van der Waals surface area contributed by atoms with Crippen LogP contribution in [0, 0.1) is 9.39 Å². The van der Waals surface area contributed by atoms with Gasteiger partial charge in [-0.25, -0.2) is 14.0 Å². The summed E-state index contributed by atoms with van der Waals surface area (Å²) in [6.07, 6.45) is -0.533. The molecule has 0 saturated heterocycles. The van der Waals surface area contributed by atoms with Crippen molar-refractivity contribution in [1.29, 1.82) is 0 Å². The Morgan fingerprint density at radius 1 is 1.50 bits per heavy atom. The second-order valence-corrected chi connectivity index (χ2v) is 8.93. The number of carbonyl (C=O) groups excluding carboxylic acids is 1. The molecule has 1 rings (SSSR count). The number of benzene rings is 1. The molecule has 9 heteroatoms. The van der Waals surface area contributed by atoms with E-state index in [4.69, 9.17) is 9.84 Å². The zero-order chi connectivity index (χ0) is 18.7. The molecule has 0 aliphatic heterocycles. The van der Waals surface area contributed by atoms with Gasteiger partial charge in [0.05, 0.1) is 10.0 Å². The quantitative estimate of drug-likeness (QED) is 0.320. The number of halogens is 3. The highest BCUT2D eigenvalue weighted by atomic mass is 127. The monoisotopic (exact) mass is 533 g/mol. The number of carboxylic acids is 1. The lowest BCUT2D eigenvalue weighted by atomic mass is 10.2. The number of hydrogen-bond acceptors (Lipinski definition) is 4. The molecule has 1 aromatic carbocycles. The fourth-order valence-electron chi connectivity index (χ4n) is 1.62. The van der Waals surface area contributed by atoms with Gasteiger partial charge in [-0.15, -0.1) is 11.8 Å². The van der Waals surface area contributed by atoms with E-state index in [9.17, 15) is 14.0 Å². The lowest BCUT2D eigenvalue weighted by Gasteiger charge is -2.22. The molecule has 0 radical (unpaired) electrons. The van der Waals surface area contributed by atoms with Gasteiger partial charge in [-0.1, -0.05) is 0 Å². The Balaban J connectivity index is 2.80. The Kier molecular flexibility index (Phi) is 7.79. The summed E-state index contributed by atoms with van der Waals surface area (Å²) >= 11 is 6.29. The van der Waals surface area contributed by atoms with Gasteiger partial charge in [0, 0.05) is 20.3 Å². The first-order chi connectivity index (χ1) is 10.9. The highest BCUT2D eigenvalue weighted by Gasteiger charge is 2.21. The molecule has 0 heterocycles. The van der Waals surface area contributed by atoms with Crippen molar-refractivity contribution in [1.82, 2.24) is 5.32 Å². The lowest BCUT2D eigenvalue weighted by Crippen LogP contribution is -2.38. The third-order valence-corrected chi connectivity index (χ3v) is 6.47. The Labute approximate surface area is 166 Å². The van der Waals surface area contributed by atoms with E-state index in [1.54, 1.807) is 27.7 Å². The molecular formula is C15H18BrFINO4S. The van der Waals surface area contributed by atoms with E-state index in [1.807, 2.05) is 22.6 Å². The van der Waals surface area contributed by atoms with Gasteiger partial charge in [-0.2, -0.15) is 0 Å². The van der Waals surface area contributed by atoms with E-state index >= 15 is 0 Å². The molecule has 0 saturated carbocycles. The normalized spacial score (nSPS) is 12.6. The minimum Gasteiger partial charge on any atom is -0.478 e. The third kappa shape index (κ3) is 6.40. The maximum absolute atomic E-state index is 13.9. The summed E-state index contributed by atoms with van der Waals surface area (Å²) in [6.45, 7) is 7.10. The Morgan fingerprint density at radius 3 is 2.58 bits per heavy atom. The van der Waals surface area contributed by atoms with Crippen molar-refractivity contribution in [3.63, 3.8) is 0 Å². The van der Waals surface area contributed by atoms with Crippen LogP contribution in [0.3, 0.4) is 0 Å². The molecule has 0 bridgehead atoms. The summed E-state index contributed by atoms with van der Waals surface area (Å²) < 4.78 is 19.7. The molecule has 0 aliphatic carbocycles. The van der Waals surface area contributed by atoms with E-state index < -0.39 is 23.5 Å². The van der Waals surface area contributed by atoms with Gasteiger partial charge in [-0.05, 0) is 72.3 Å². The molecule has 5 nitrogen and oxygen atoms in total. The molecule has 24 heavy (non-hydrogen) atoms. The van der Waals surface area contributed by atoms with Crippen LogP contribution >= 0.6 is 50.3 Å². The van der Waals surface area contributed by atoms with Crippen LogP contribution in [0.25, 0.3) is 0 Å². The maximum Gasteiger partial charge on any atom is 0.407 e. The van der Waals surface area contributed by atoms with Gasteiger partial charge in [0.1, 0.15) is 11.4 Å². The van der Waals surface area contributed by atoms with Gasteiger partial charge >= 0.3 is 12.1 Å². The number of amides is 1. The number of carbonyl (C=O) groups is 2. The molecule has 134 valence electrons. The Hall–Kier alpha value is -0.550. The summed E-state index contributed by atoms with van der Waals surface area (Å²) in [5.41, 5.74) is -0.680. The highest BCUT2D eigenvalue weighted by molar-refractivity contribution is 14.1. The smallest absolute Gasteiger partial charge is 0.407 e. The lowest BCUT2D eigenvalue weighted by molar-refractivity contribution is 0.0513. The minimum absolute atomic E-state index is 0.0912. The predicted octanol–water partition coefficient (Wildman–Crippen LogP) is 4.90. The second kappa shape index (κ2) is 8.70. The largest absolute Gasteiger partial charge is 0.478 e. The van der Waals surface area contributed by atoms with Gasteiger partial charge in [0.15, 0.2) is 0 Å². The summed E-state index contributed by atoms with van der Waals surface area (Å²) in [4.78, 5) is 23.4. The number of thioether (sulfide) groups is 1. The van der Waals surface area contributed by atoms with E-state index in [0.717, 1.165) is 6.07 Å². The van der Waals surface area contributed by atoms with Crippen molar-refractivity contribution < 1.29 is 23.8 Å². The molecule has 0 fully saturated rings. The summed E-state index contributed by atoms with van der Waals surface area (Å²) in [6, 6.07) is 0.741. The molecule has 0 aromatic heterocycles. The van der Waals surface area contributed by atoms with Crippen molar-refractivity contribution in [2.75, 3.05) is 5.75 Å². The van der Waals surface area contributed by atoms with Gasteiger partial charge in [0.2, 0.25) is 0 Å². The predicted molar refractivity (Wildman–Crippen MR) is 103 cm³/mol. The molecule has 1 unspecified atom stereocenters. The third-order valence-electron chi connectivity index (χ3n) is 2.59. The molecular weight excluding hydrogens is 516 g/mol. The number of hydrogen-bond donors (Lipinski definition) is 2. The number of aromatic carboxylic acids is 1. The average molecular weight is 534 g/mol. The average Bonchev–Trinajstić information content (AvgIpc) is 2.40. The Bertz CT molecular complexity index is 651. The van der Waals surface area contributed by atoms with Crippen molar-refractivity contribution in [3.8, 4) is 0 Å². The molecule has 0 aliphatic rings. The van der Waals surface area contributed by atoms with Gasteiger partial charge < -0.3 is 15.2 Å². The molecule has 1 atom stereocenters. The number of nitrogens with one attached hydrogen (secondary N) is 1. The van der Waals surface area contributed by atoms with Crippen LogP contribution in [0.4, 0.5) is 9.18 Å². The maximum atomic E-state index is 13.9. The van der Waals surface area contributed by atoms with Crippen LogP contribution in [0.5, 0.6) is 0 Å². The van der Waals surface area contributed by atoms with Gasteiger partial charge in [-0.3, -0.25) is 0 Å². The molecule has 1 amide bonds. The van der Waals surface area contributed by atoms with E-state index in [2.05, 4.69) is 21.2 Å². The van der Waals surface area contributed by atoms with E-state index in [0.29, 0.717) is 14.2 Å². The van der Waals surface area contributed by atoms with Crippen LogP contribution in [-0.4, -0.2) is 34.6 Å². The van der Waals surface area contributed by atoms with Crippen LogP contribution < -0.4 is 5.32 Å². The van der Waals surface area contributed by atoms with Crippen LogP contribution in [0.1, 0.15) is 38.1 Å². The topological polar surface area (TPSA) is 75.6 Å². The van der Waals surface area contributed by atoms with Crippen molar-refractivity contribution in [2.45, 2.75) is 44.2 Å². The SMILES string of the molecule is CC(CSc1c(Br)c(F)cc(C(=O)O)c1I)NC(=O)OC(C)(C)C. The zero-order valence-electron chi connectivity index (χ0n) is 13.6. The first kappa shape index (κ1) is 21.5. The molecule has 1 aromatic rings. The summed E-state index contributed by atoms with van der Waals surface area (Å²) in [5.74, 6) is -1.40. The first-order valence-electron chi connectivity index (χ1n) is 6.95. The number of alkyl carbamates (subject to hydrolysis) is 1. The summed E-state index contributed by atoms with van der Waals surface area (Å²) in [7, 11) is 0. The van der Waals surface area contributed by atoms with E-state index in [-0.39, 0.29) is 16.1 Å². The standard InChI is InChI=1S/C15H18BrFINO4S/c1-7(19-14(22)23-15(2,3)4)6-24-12-10(16)9(17)5-8(11(12)18)13(20)21/h5,7H,6H2,1-4H3,(H,19,22)(H,20,21). The fraction of sp³-hybridized carbons (Fsp3) is 0.467. The van der Waals surface area contributed by atoms with Crippen LogP contribution in [0.15, 0.2) is 15.4 Å². The number of ether oxygens (including phenoxy) is 1. The van der Waals surface area contributed by atoms with Crippen molar-refractivity contribution in [3.05, 3.63) is 25.5 Å². The summed E-state index contributed by atoms with van der Waals surface area (Å²) in [5, 5.41) is 11.8. The van der Waals surface area contributed by atoms with Crippen molar-refractivity contribution in [2.24, 2.45) is 0 Å². The van der Waals surface area contributed by atoms with Crippen molar-refractivity contribution >= 4 is 62.3 Å². The molecule has 2 N–H and O–H groups in total. The highest BCUT2D eigenvalue weighted by Crippen LogP contribution is 2.36. The molecule has 0 spiro atoms. The minimum atomic E-state index is -1.19. The van der Waals surface area contributed by atoms with Crippen LogP contribution in [-0.2, 0) is 4.74 Å². The first-order valence-corrected chi connectivity index (χ1v) is 9.81. The van der Waals surface area contributed by atoms with E-state index in [1.165, 1.54) is 11.8 Å². The fourth-order valence-corrected chi connectivity index (χ4v) is 4.73. The second-order valence-electron chi connectivity index (χ2n) is 6.03. The number of rotatable bonds is 5. The number of carboxylic acid groups (broad SMARTS) is 1. The Morgan fingerprint density at radius 2 is 2.08 bits per heavy atom. The van der Waals surface area contributed by atoms with Crippen LogP contribution in [0.2, 0.25) is 0 Å². The van der Waals surface area contributed by atoms with Gasteiger partial charge in [0.25, 0.3) is 0 Å². The zero-order valence-corrected chi connectivity index (χ0v) is 18.1.